The lowest BCUT2D eigenvalue weighted by molar-refractivity contribution is -0.150. The largest absolute Gasteiger partial charge is 0.491 e. The first kappa shape index (κ1) is 32.2. The average Bonchev–Trinajstić information content (AvgIpc) is 3.00. The molecule has 0 aliphatic carbocycles. The molecule has 9 nitrogen and oxygen atoms in total. The first-order chi connectivity index (χ1) is 20.5. The Morgan fingerprint density at radius 1 is 1.09 bits per heavy atom. The number of carboxylic acids is 1. The molecule has 2 fully saturated rings. The van der Waals surface area contributed by atoms with Gasteiger partial charge in [0.1, 0.15) is 12.4 Å². The van der Waals surface area contributed by atoms with E-state index in [0.29, 0.717) is 43.6 Å². The van der Waals surface area contributed by atoms with E-state index in [1.54, 1.807) is 36.3 Å². The number of aliphatic carboxylic acids is 1. The van der Waals surface area contributed by atoms with Crippen molar-refractivity contribution in [3.8, 4) is 5.75 Å². The van der Waals surface area contributed by atoms with Crippen LogP contribution in [-0.2, 0) is 25.9 Å². The van der Waals surface area contributed by atoms with Crippen LogP contribution in [0, 0.1) is 5.92 Å². The van der Waals surface area contributed by atoms with Crippen LogP contribution in [-0.4, -0.2) is 83.7 Å². The number of alkyl halides is 3. The molecule has 2 saturated heterocycles. The zero-order valence-electron chi connectivity index (χ0n) is 24.4. The summed E-state index contributed by atoms with van der Waals surface area (Å²) in [6.45, 7) is 3.10. The summed E-state index contributed by atoms with van der Waals surface area (Å²) in [6, 6.07) is 7.20. The van der Waals surface area contributed by atoms with Crippen LogP contribution in [0.15, 0.2) is 42.7 Å². The van der Waals surface area contributed by atoms with Gasteiger partial charge >= 0.3 is 12.1 Å². The van der Waals surface area contributed by atoms with Crippen molar-refractivity contribution in [1.29, 1.82) is 0 Å². The van der Waals surface area contributed by atoms with E-state index in [1.165, 1.54) is 4.90 Å². The second-order valence-electron chi connectivity index (χ2n) is 11.1. The van der Waals surface area contributed by atoms with Crippen molar-refractivity contribution < 1.29 is 42.1 Å². The van der Waals surface area contributed by atoms with Crippen LogP contribution in [0.3, 0.4) is 0 Å². The highest BCUT2D eigenvalue weighted by molar-refractivity contribution is 5.96. The van der Waals surface area contributed by atoms with Gasteiger partial charge in [0, 0.05) is 50.7 Å². The van der Waals surface area contributed by atoms with Crippen LogP contribution >= 0.6 is 0 Å². The molecule has 0 saturated carbocycles. The van der Waals surface area contributed by atoms with Gasteiger partial charge in [-0.25, -0.2) is 0 Å². The van der Waals surface area contributed by atoms with Crippen molar-refractivity contribution in [2.75, 3.05) is 40.0 Å². The van der Waals surface area contributed by atoms with E-state index in [1.807, 2.05) is 6.92 Å². The number of pyridine rings is 1. The monoisotopic (exact) mass is 605 g/mol. The number of amides is 2. The molecule has 43 heavy (non-hydrogen) atoms. The highest BCUT2D eigenvalue weighted by Crippen LogP contribution is 2.42. The Bertz CT molecular complexity index is 1300. The number of hydrogen-bond donors (Lipinski definition) is 1. The minimum Gasteiger partial charge on any atom is -0.491 e. The maximum absolute atomic E-state index is 13.9. The molecule has 1 aromatic carbocycles. The van der Waals surface area contributed by atoms with E-state index in [4.69, 9.17) is 9.47 Å². The predicted molar refractivity (Wildman–Crippen MR) is 151 cm³/mol. The number of likely N-dealkylation sites (tertiary alicyclic amines) is 2. The molecule has 0 radical (unpaired) electrons. The number of rotatable bonds is 10. The molecule has 0 bridgehead atoms. The molecule has 4 rings (SSSR count). The molecule has 234 valence electrons. The van der Waals surface area contributed by atoms with E-state index in [2.05, 4.69) is 4.98 Å². The maximum Gasteiger partial charge on any atom is 0.417 e. The highest BCUT2D eigenvalue weighted by Gasteiger charge is 2.48. The van der Waals surface area contributed by atoms with Crippen LogP contribution in [0.2, 0.25) is 0 Å². The molecule has 2 aromatic rings. The molecule has 2 atom stereocenters. The van der Waals surface area contributed by atoms with Crippen molar-refractivity contribution in [3.63, 3.8) is 0 Å². The average molecular weight is 606 g/mol. The molecule has 0 spiro atoms. The number of carbonyl (C=O) groups excluding carboxylic acids is 2. The molecular formula is C31H38F3N3O6. The normalized spacial score (nSPS) is 20.5. The first-order valence-corrected chi connectivity index (χ1v) is 14.6. The number of piperidine rings is 2. The van der Waals surface area contributed by atoms with Crippen molar-refractivity contribution >= 4 is 17.8 Å². The van der Waals surface area contributed by atoms with E-state index in [-0.39, 0.29) is 45.0 Å². The molecule has 12 heteroatoms. The Morgan fingerprint density at radius 2 is 1.81 bits per heavy atom. The summed E-state index contributed by atoms with van der Waals surface area (Å²) in [7, 11) is 1.55. The number of halogens is 3. The summed E-state index contributed by atoms with van der Waals surface area (Å²) in [5.41, 5.74) is -2.30. The highest BCUT2D eigenvalue weighted by atomic mass is 19.4. The Labute approximate surface area is 249 Å². The third-order valence-electron chi connectivity index (χ3n) is 8.58. The van der Waals surface area contributed by atoms with Crippen molar-refractivity contribution in [2.24, 2.45) is 5.92 Å². The van der Waals surface area contributed by atoms with Crippen LogP contribution in [0.1, 0.15) is 66.9 Å². The summed E-state index contributed by atoms with van der Waals surface area (Å²) < 4.78 is 52.0. The lowest BCUT2D eigenvalue weighted by Crippen LogP contribution is -2.56. The van der Waals surface area contributed by atoms with E-state index in [9.17, 15) is 32.7 Å². The van der Waals surface area contributed by atoms with Crippen molar-refractivity contribution in [3.05, 3.63) is 59.4 Å². The van der Waals surface area contributed by atoms with Gasteiger partial charge in [-0.1, -0.05) is 31.5 Å². The van der Waals surface area contributed by atoms with Gasteiger partial charge in [-0.05, 0) is 44.2 Å². The lowest BCUT2D eigenvalue weighted by Gasteiger charge is -2.45. The zero-order chi connectivity index (χ0) is 31.2. The molecule has 2 aliphatic heterocycles. The Hall–Kier alpha value is -3.67. The Kier molecular flexibility index (Phi) is 10.3. The minimum atomic E-state index is -4.73. The van der Waals surface area contributed by atoms with Gasteiger partial charge in [0.15, 0.2) is 0 Å². The van der Waals surface area contributed by atoms with E-state index >= 15 is 0 Å². The minimum absolute atomic E-state index is 0.164. The van der Waals surface area contributed by atoms with Crippen LogP contribution in [0.4, 0.5) is 13.2 Å². The van der Waals surface area contributed by atoms with Crippen LogP contribution in [0.5, 0.6) is 5.75 Å². The number of para-hydroxylation sites is 1. The molecular weight excluding hydrogens is 567 g/mol. The molecule has 1 aromatic heterocycles. The summed E-state index contributed by atoms with van der Waals surface area (Å²) in [6.07, 6.45) is -0.435. The summed E-state index contributed by atoms with van der Waals surface area (Å²) in [5.74, 6) is -2.14. The molecule has 2 amide bonds. The molecule has 1 N–H and O–H groups in total. The van der Waals surface area contributed by atoms with E-state index < -0.39 is 46.6 Å². The standard InChI is InChI=1S/C31H38F3N3O6/c1-3-7-25-21(8-6-15-37(25)28(39)22-20-35-14-11-23(22)31(32,33)34)27(38)36-16-12-30(13-17-36,29(40)41)24-9-4-5-10-26(24)43-19-18-42-2/h4-5,9-11,14,20-21,25H,3,6-8,12-13,15-19H2,1-2H3,(H,40,41). The number of aromatic nitrogens is 1. The van der Waals surface area contributed by atoms with Gasteiger partial charge in [0.05, 0.1) is 29.1 Å². The third-order valence-corrected chi connectivity index (χ3v) is 8.58. The molecule has 3 heterocycles. The number of carbonyl (C=O) groups is 3. The third kappa shape index (κ3) is 6.79. The second-order valence-corrected chi connectivity index (χ2v) is 11.1. The number of benzene rings is 1. The lowest BCUT2D eigenvalue weighted by atomic mass is 9.72. The number of nitrogens with zero attached hydrogens (tertiary/aromatic N) is 3. The van der Waals surface area contributed by atoms with Crippen molar-refractivity contribution in [1.82, 2.24) is 14.8 Å². The summed E-state index contributed by atoms with van der Waals surface area (Å²) in [5, 5.41) is 10.4. The zero-order valence-corrected chi connectivity index (χ0v) is 24.4. The number of carboxylic acid groups (broad SMARTS) is 1. The summed E-state index contributed by atoms with van der Waals surface area (Å²) >= 11 is 0. The molecule has 2 aliphatic rings. The van der Waals surface area contributed by atoms with Gasteiger partial charge in [-0.15, -0.1) is 0 Å². The fraction of sp³-hybridized carbons (Fsp3) is 0.548. The quantitative estimate of drug-likeness (QED) is 0.388. The van der Waals surface area contributed by atoms with Gasteiger partial charge in [-0.3, -0.25) is 19.4 Å². The molecule has 2 unspecified atom stereocenters. The number of ether oxygens (including phenoxy) is 2. The number of hydrogen-bond acceptors (Lipinski definition) is 6. The fourth-order valence-corrected chi connectivity index (χ4v) is 6.38. The Balaban J connectivity index is 1.54. The summed E-state index contributed by atoms with van der Waals surface area (Å²) in [4.78, 5) is 47.0. The van der Waals surface area contributed by atoms with Gasteiger partial charge in [-0.2, -0.15) is 13.2 Å². The van der Waals surface area contributed by atoms with Gasteiger partial charge in [0.25, 0.3) is 5.91 Å². The first-order valence-electron chi connectivity index (χ1n) is 14.6. The van der Waals surface area contributed by atoms with Crippen LogP contribution in [0.25, 0.3) is 0 Å². The van der Waals surface area contributed by atoms with Crippen LogP contribution < -0.4 is 4.74 Å². The van der Waals surface area contributed by atoms with Gasteiger partial charge in [0.2, 0.25) is 5.91 Å². The second kappa shape index (κ2) is 13.7. The number of methoxy groups -OCH3 is 1. The van der Waals surface area contributed by atoms with Gasteiger partial charge < -0.3 is 24.4 Å². The fourth-order valence-electron chi connectivity index (χ4n) is 6.38. The smallest absolute Gasteiger partial charge is 0.417 e. The Morgan fingerprint density at radius 3 is 2.47 bits per heavy atom. The SMILES string of the molecule is CCCC1C(C(=O)N2CCC(C(=O)O)(c3ccccc3OCCOC)CC2)CCCN1C(=O)c1cnccc1C(F)(F)F. The topological polar surface area (TPSA) is 109 Å². The van der Waals surface area contributed by atoms with E-state index in [0.717, 1.165) is 18.5 Å². The van der Waals surface area contributed by atoms with Crippen molar-refractivity contribution in [2.45, 2.75) is 63.1 Å². The maximum atomic E-state index is 13.9. The predicted octanol–water partition coefficient (Wildman–Crippen LogP) is 4.79.